The molecule has 0 radical (unpaired) electrons. The Labute approximate surface area is 88.1 Å². The van der Waals surface area contributed by atoms with Crippen LogP contribution in [-0.2, 0) is 0 Å². The third kappa shape index (κ3) is 11.5. The first-order chi connectivity index (χ1) is 5.41. The molecule has 11 heavy (non-hydrogen) atoms. The van der Waals surface area contributed by atoms with E-state index in [-0.39, 0.29) is 0 Å². The second-order valence-corrected chi connectivity index (χ2v) is 9.29. The van der Waals surface area contributed by atoms with Crippen molar-refractivity contribution in [2.45, 2.75) is 20.3 Å². The lowest BCUT2D eigenvalue weighted by Crippen LogP contribution is -1.63. The minimum Gasteiger partial charge on any atom is -0.0817 e. The van der Waals surface area contributed by atoms with Gasteiger partial charge in [0.25, 0.3) is 0 Å². The van der Waals surface area contributed by atoms with E-state index in [1.807, 2.05) is 47.2 Å². The van der Waals surface area contributed by atoms with Gasteiger partial charge in [-0.3, -0.25) is 0 Å². The van der Waals surface area contributed by atoms with E-state index in [4.69, 9.17) is 0 Å². The Kier molecular flexibility index (Phi) is 13.0. The summed E-state index contributed by atoms with van der Waals surface area (Å²) in [5.41, 5.74) is 0. The molecule has 0 aliphatic rings. The van der Waals surface area contributed by atoms with Crippen LogP contribution >= 0.6 is 51.1 Å². The van der Waals surface area contributed by atoms with Gasteiger partial charge >= 0.3 is 0 Å². The van der Waals surface area contributed by atoms with Crippen molar-refractivity contribution in [3.63, 3.8) is 0 Å². The molecular formula is C6H12S5. The first-order valence-electron chi connectivity index (χ1n) is 3.31. The molecule has 0 bridgehead atoms. The van der Waals surface area contributed by atoms with Crippen LogP contribution in [0, 0.1) is 0 Å². The molecule has 0 atom stereocenters. The fourth-order valence-corrected chi connectivity index (χ4v) is 8.43. The second-order valence-electron chi connectivity index (χ2n) is 1.59. The molecule has 0 saturated carbocycles. The van der Waals surface area contributed by atoms with E-state index >= 15 is 0 Å². The van der Waals surface area contributed by atoms with Crippen LogP contribution in [0.3, 0.4) is 0 Å². The Morgan fingerprint density at radius 1 is 1.18 bits per heavy atom. The van der Waals surface area contributed by atoms with Crippen molar-refractivity contribution in [3.8, 4) is 0 Å². The molecule has 0 aliphatic carbocycles. The van der Waals surface area contributed by atoms with E-state index in [0.717, 1.165) is 0 Å². The summed E-state index contributed by atoms with van der Waals surface area (Å²) in [6, 6.07) is 0. The lowest BCUT2D eigenvalue weighted by molar-refractivity contribution is 1.11. The highest BCUT2D eigenvalue weighted by Crippen LogP contribution is 2.48. The number of hydrogen-bond acceptors (Lipinski definition) is 5. The van der Waals surface area contributed by atoms with E-state index in [0.29, 0.717) is 0 Å². The summed E-state index contributed by atoms with van der Waals surface area (Å²) >= 11 is 0. The summed E-state index contributed by atoms with van der Waals surface area (Å²) < 4.78 is 0. The predicted octanol–water partition coefficient (Wildman–Crippen LogP) is 5.26. The highest BCUT2D eigenvalue weighted by Gasteiger charge is 1.89. The molecule has 0 amide bonds. The van der Waals surface area contributed by atoms with Crippen LogP contribution in [0.5, 0.6) is 0 Å². The first-order valence-corrected chi connectivity index (χ1v) is 9.69. The van der Waals surface area contributed by atoms with Gasteiger partial charge in [-0.1, -0.05) is 34.6 Å². The Bertz CT molecular complexity index is 93.0. The van der Waals surface area contributed by atoms with E-state index in [9.17, 15) is 0 Å². The Morgan fingerprint density at radius 3 is 2.64 bits per heavy atom. The van der Waals surface area contributed by atoms with Gasteiger partial charge in [0.15, 0.2) is 0 Å². The highest BCUT2D eigenvalue weighted by atomic mass is 33.8. The molecule has 0 N–H and O–H groups in total. The molecule has 0 saturated heterocycles. The molecule has 5 heteroatoms. The Hall–Kier alpha value is 1.49. The SMILES string of the molecule is C/C=C\SSSSSCCC. The maximum atomic E-state index is 2.21. The van der Waals surface area contributed by atoms with E-state index < -0.39 is 0 Å². The molecule has 0 aromatic rings. The third-order valence-corrected chi connectivity index (χ3v) is 9.13. The number of rotatable bonds is 7. The van der Waals surface area contributed by atoms with Crippen molar-refractivity contribution in [2.24, 2.45) is 0 Å². The van der Waals surface area contributed by atoms with Gasteiger partial charge in [0.1, 0.15) is 0 Å². The zero-order valence-corrected chi connectivity index (χ0v) is 10.7. The molecule has 0 heterocycles. The quantitative estimate of drug-likeness (QED) is 0.441. The van der Waals surface area contributed by atoms with E-state index in [2.05, 4.69) is 18.4 Å². The molecular weight excluding hydrogens is 232 g/mol. The number of hydrogen-bond donors (Lipinski definition) is 0. The normalized spacial score (nSPS) is 11.1. The summed E-state index contributed by atoms with van der Waals surface area (Å²) in [5, 5.41) is 2.10. The molecule has 0 nitrogen and oxygen atoms in total. The predicted molar refractivity (Wildman–Crippen MR) is 67.9 cm³/mol. The lowest BCUT2D eigenvalue weighted by atomic mass is 10.6. The average molecular weight is 244 g/mol. The van der Waals surface area contributed by atoms with Crippen molar-refractivity contribution >= 4 is 51.1 Å². The Morgan fingerprint density at radius 2 is 2.00 bits per heavy atom. The van der Waals surface area contributed by atoms with Gasteiger partial charge in [-0.2, -0.15) is 0 Å². The zero-order valence-electron chi connectivity index (χ0n) is 6.61. The van der Waals surface area contributed by atoms with Crippen molar-refractivity contribution in [1.82, 2.24) is 0 Å². The maximum absolute atomic E-state index is 2.21. The molecule has 0 aromatic carbocycles. The molecule has 0 aliphatic heterocycles. The molecule has 0 fully saturated rings. The van der Waals surface area contributed by atoms with Crippen molar-refractivity contribution in [2.75, 3.05) is 5.75 Å². The van der Waals surface area contributed by atoms with Crippen molar-refractivity contribution < 1.29 is 0 Å². The van der Waals surface area contributed by atoms with Gasteiger partial charge in [0, 0.05) is 5.75 Å². The van der Waals surface area contributed by atoms with E-state index in [1.165, 1.54) is 12.2 Å². The van der Waals surface area contributed by atoms with Gasteiger partial charge in [0.05, 0.1) is 0 Å². The third-order valence-electron chi connectivity index (χ3n) is 0.622. The summed E-state index contributed by atoms with van der Waals surface area (Å²) in [6.45, 7) is 4.25. The molecule has 0 unspecified atom stereocenters. The fraction of sp³-hybridized carbons (Fsp3) is 0.667. The molecule has 0 rings (SSSR count). The average Bonchev–Trinajstić information content (AvgIpc) is 2.03. The van der Waals surface area contributed by atoms with Gasteiger partial charge in [-0.05, 0) is 48.2 Å². The van der Waals surface area contributed by atoms with Gasteiger partial charge in [0.2, 0.25) is 0 Å². The summed E-state index contributed by atoms with van der Waals surface area (Å²) in [6.07, 6.45) is 3.33. The fourth-order valence-electron chi connectivity index (χ4n) is 0.243. The van der Waals surface area contributed by atoms with Gasteiger partial charge in [-0.15, -0.1) is 0 Å². The minimum absolute atomic E-state index is 1.26. The smallest absolute Gasteiger partial charge is 0.00428 e. The van der Waals surface area contributed by atoms with Crippen LogP contribution in [-0.4, -0.2) is 5.75 Å². The highest BCUT2D eigenvalue weighted by molar-refractivity contribution is 9.35. The molecule has 0 aromatic heterocycles. The number of allylic oxidation sites excluding steroid dienone is 1. The summed E-state index contributed by atoms with van der Waals surface area (Å²) in [4.78, 5) is 0. The van der Waals surface area contributed by atoms with Gasteiger partial charge in [-0.25, -0.2) is 0 Å². The van der Waals surface area contributed by atoms with Crippen LogP contribution in [0.4, 0.5) is 0 Å². The summed E-state index contributed by atoms with van der Waals surface area (Å²) in [5.74, 6) is 1.26. The summed E-state index contributed by atoms with van der Waals surface area (Å²) in [7, 11) is 9.24. The standard InChI is InChI=1S/C6H12S5/c1-3-5-7-9-11-10-8-6-4-2/h3,5H,4,6H2,1-2H3/b5-3-. The monoisotopic (exact) mass is 244 g/mol. The van der Waals surface area contributed by atoms with Crippen LogP contribution in [0.15, 0.2) is 11.5 Å². The van der Waals surface area contributed by atoms with Crippen LogP contribution in [0.2, 0.25) is 0 Å². The second kappa shape index (κ2) is 11.5. The van der Waals surface area contributed by atoms with Crippen molar-refractivity contribution in [1.29, 1.82) is 0 Å². The van der Waals surface area contributed by atoms with Crippen LogP contribution in [0.25, 0.3) is 0 Å². The molecule has 0 spiro atoms. The first kappa shape index (κ1) is 12.5. The topological polar surface area (TPSA) is 0 Å². The van der Waals surface area contributed by atoms with Crippen LogP contribution in [0.1, 0.15) is 20.3 Å². The van der Waals surface area contributed by atoms with E-state index in [1.54, 1.807) is 10.8 Å². The van der Waals surface area contributed by atoms with Crippen LogP contribution < -0.4 is 0 Å². The maximum Gasteiger partial charge on any atom is 0.00428 e. The van der Waals surface area contributed by atoms with Gasteiger partial charge < -0.3 is 0 Å². The minimum atomic E-state index is 1.26. The largest absolute Gasteiger partial charge is 0.0817 e. The van der Waals surface area contributed by atoms with Crippen molar-refractivity contribution in [3.05, 3.63) is 11.5 Å². The Balaban J connectivity index is 2.79. The zero-order chi connectivity index (χ0) is 8.36. The lowest BCUT2D eigenvalue weighted by Gasteiger charge is -1.94. The molecule has 66 valence electrons.